The zero-order valence-electron chi connectivity index (χ0n) is 5.60. The van der Waals surface area contributed by atoms with Crippen molar-refractivity contribution in [3.63, 3.8) is 0 Å². The largest absolute Gasteiger partial charge is 0.508 e. The second-order valence-electron chi connectivity index (χ2n) is 2.08. The molecule has 0 fully saturated rings. The lowest BCUT2D eigenvalue weighted by atomic mass is 9.79. The molecule has 0 aliphatic heterocycles. The van der Waals surface area contributed by atoms with E-state index in [1.54, 1.807) is 0 Å². The summed E-state index contributed by atoms with van der Waals surface area (Å²) in [5.74, 6) is -0.667. The van der Waals surface area contributed by atoms with E-state index in [0.717, 1.165) is 0 Å². The normalized spacial score (nSPS) is 9.64. The molecule has 1 rings (SSSR count). The van der Waals surface area contributed by atoms with Crippen molar-refractivity contribution < 1.29 is 20.3 Å². The predicted octanol–water partition coefficient (Wildman–Crippen LogP) is -1.22. The van der Waals surface area contributed by atoms with Crippen LogP contribution in [0.1, 0.15) is 0 Å². The summed E-state index contributed by atoms with van der Waals surface area (Å²) in [6.07, 6.45) is 0. The monoisotopic (exact) mass is 154 g/mol. The number of phenols is 2. The van der Waals surface area contributed by atoms with Crippen LogP contribution in [-0.2, 0) is 0 Å². The minimum Gasteiger partial charge on any atom is -0.508 e. The number of phenolic OH excluding ortho intramolecular Hbond substituents is 2. The molecule has 0 unspecified atom stereocenters. The maximum Gasteiger partial charge on any atom is 0.496 e. The quantitative estimate of drug-likeness (QED) is 0.382. The van der Waals surface area contributed by atoms with Crippen molar-refractivity contribution in [2.24, 2.45) is 0 Å². The minimum atomic E-state index is -1.85. The van der Waals surface area contributed by atoms with E-state index >= 15 is 0 Å². The number of rotatable bonds is 1. The highest BCUT2D eigenvalue weighted by Crippen LogP contribution is 2.13. The lowest BCUT2D eigenvalue weighted by molar-refractivity contribution is 0.411. The SMILES string of the molecule is OB(O)c1c(O)cccc1O. The number of hydrogen-bond acceptors (Lipinski definition) is 4. The van der Waals surface area contributed by atoms with Crippen molar-refractivity contribution in [3.8, 4) is 11.5 Å². The summed E-state index contributed by atoms with van der Waals surface area (Å²) >= 11 is 0. The van der Waals surface area contributed by atoms with Crippen molar-refractivity contribution in [2.75, 3.05) is 0 Å². The van der Waals surface area contributed by atoms with E-state index < -0.39 is 7.12 Å². The first kappa shape index (κ1) is 7.91. The molecule has 5 heteroatoms. The first-order chi connectivity index (χ1) is 5.13. The smallest absolute Gasteiger partial charge is 0.496 e. The van der Waals surface area contributed by atoms with Crippen LogP contribution in [0.3, 0.4) is 0 Å². The van der Waals surface area contributed by atoms with Gasteiger partial charge in [-0.2, -0.15) is 0 Å². The fraction of sp³-hybridized carbons (Fsp3) is 0. The van der Waals surface area contributed by atoms with E-state index in [9.17, 15) is 0 Å². The third-order valence-electron chi connectivity index (χ3n) is 1.32. The van der Waals surface area contributed by atoms with Gasteiger partial charge in [-0.05, 0) is 12.1 Å². The van der Waals surface area contributed by atoms with E-state index in [1.165, 1.54) is 18.2 Å². The van der Waals surface area contributed by atoms with Gasteiger partial charge in [-0.1, -0.05) is 6.07 Å². The molecule has 11 heavy (non-hydrogen) atoms. The molecule has 1 aromatic carbocycles. The summed E-state index contributed by atoms with van der Waals surface area (Å²) in [4.78, 5) is 0. The topological polar surface area (TPSA) is 80.9 Å². The maximum atomic E-state index is 8.98. The van der Waals surface area contributed by atoms with Crippen molar-refractivity contribution >= 4 is 12.6 Å². The number of benzene rings is 1. The van der Waals surface area contributed by atoms with Crippen LogP contribution in [0.15, 0.2) is 18.2 Å². The Labute approximate surface area is 63.5 Å². The third-order valence-corrected chi connectivity index (χ3v) is 1.32. The average Bonchev–Trinajstić information content (AvgIpc) is 1.85. The van der Waals surface area contributed by atoms with E-state index in [-0.39, 0.29) is 17.0 Å². The molecule has 1 aromatic rings. The summed E-state index contributed by atoms with van der Waals surface area (Å²) in [7, 11) is -1.85. The second kappa shape index (κ2) is 2.81. The molecule has 4 nitrogen and oxygen atoms in total. The fourth-order valence-corrected chi connectivity index (χ4v) is 0.806. The van der Waals surface area contributed by atoms with Gasteiger partial charge in [-0.3, -0.25) is 0 Å². The lowest BCUT2D eigenvalue weighted by Gasteiger charge is -2.03. The Kier molecular flexibility index (Phi) is 2.02. The van der Waals surface area contributed by atoms with E-state index in [1.807, 2.05) is 0 Å². The molecule has 0 atom stereocenters. The van der Waals surface area contributed by atoms with Gasteiger partial charge in [0.15, 0.2) is 0 Å². The molecule has 0 amide bonds. The molecule has 0 saturated heterocycles. The van der Waals surface area contributed by atoms with Crippen molar-refractivity contribution in [1.82, 2.24) is 0 Å². The van der Waals surface area contributed by atoms with Gasteiger partial charge >= 0.3 is 7.12 Å². The van der Waals surface area contributed by atoms with Gasteiger partial charge in [-0.25, -0.2) is 0 Å². The summed E-state index contributed by atoms with van der Waals surface area (Å²) in [5.41, 5.74) is -0.271. The van der Waals surface area contributed by atoms with Crippen LogP contribution in [0.4, 0.5) is 0 Å². The molecule has 0 bridgehead atoms. The van der Waals surface area contributed by atoms with Crippen LogP contribution in [0.5, 0.6) is 11.5 Å². The zero-order valence-corrected chi connectivity index (χ0v) is 5.60. The van der Waals surface area contributed by atoms with Gasteiger partial charge in [0.2, 0.25) is 0 Å². The standard InChI is InChI=1S/C6H7BO4/c8-4-2-1-3-5(9)6(4)7(10)11/h1-3,8-11H. The van der Waals surface area contributed by atoms with Gasteiger partial charge in [0.05, 0.1) is 5.46 Å². The Morgan fingerprint density at radius 3 is 1.73 bits per heavy atom. The van der Waals surface area contributed by atoms with Crippen LogP contribution >= 0.6 is 0 Å². The van der Waals surface area contributed by atoms with Crippen LogP contribution in [0.2, 0.25) is 0 Å². The maximum absolute atomic E-state index is 8.98. The van der Waals surface area contributed by atoms with Crippen LogP contribution in [0.25, 0.3) is 0 Å². The molecule has 4 N–H and O–H groups in total. The van der Waals surface area contributed by atoms with Gasteiger partial charge in [-0.15, -0.1) is 0 Å². The van der Waals surface area contributed by atoms with E-state index in [4.69, 9.17) is 20.3 Å². The Hall–Kier alpha value is -1.20. The van der Waals surface area contributed by atoms with Crippen LogP contribution in [-0.4, -0.2) is 27.4 Å². The van der Waals surface area contributed by atoms with Crippen molar-refractivity contribution in [1.29, 1.82) is 0 Å². The summed E-state index contributed by atoms with van der Waals surface area (Å²) in [6.45, 7) is 0. The Morgan fingerprint density at radius 2 is 1.45 bits per heavy atom. The van der Waals surface area contributed by atoms with Gasteiger partial charge in [0.1, 0.15) is 11.5 Å². The lowest BCUT2D eigenvalue weighted by Crippen LogP contribution is -2.30. The van der Waals surface area contributed by atoms with Gasteiger partial charge in [0, 0.05) is 0 Å². The Morgan fingerprint density at radius 1 is 1.00 bits per heavy atom. The molecule has 0 aromatic heterocycles. The molecular weight excluding hydrogens is 147 g/mol. The Balaban J connectivity index is 3.21. The molecule has 0 heterocycles. The van der Waals surface area contributed by atoms with Gasteiger partial charge in [0.25, 0.3) is 0 Å². The summed E-state index contributed by atoms with van der Waals surface area (Å²) < 4.78 is 0. The number of hydrogen-bond donors (Lipinski definition) is 4. The molecule has 0 saturated carbocycles. The highest BCUT2D eigenvalue weighted by atomic mass is 16.4. The van der Waals surface area contributed by atoms with Gasteiger partial charge < -0.3 is 20.3 Å². The first-order valence-electron chi connectivity index (χ1n) is 3.00. The molecule has 0 aliphatic rings. The van der Waals surface area contributed by atoms with Crippen LogP contribution in [0, 0.1) is 0 Å². The predicted molar refractivity (Wildman–Crippen MR) is 39.6 cm³/mol. The molecule has 0 spiro atoms. The molecule has 0 aliphatic carbocycles. The van der Waals surface area contributed by atoms with E-state index in [0.29, 0.717) is 0 Å². The number of aromatic hydroxyl groups is 2. The van der Waals surface area contributed by atoms with E-state index in [2.05, 4.69) is 0 Å². The minimum absolute atomic E-state index is 0.271. The third kappa shape index (κ3) is 1.44. The first-order valence-corrected chi connectivity index (χ1v) is 3.00. The summed E-state index contributed by atoms with van der Waals surface area (Å²) in [6, 6.07) is 3.92. The fourth-order valence-electron chi connectivity index (χ4n) is 0.806. The highest BCUT2D eigenvalue weighted by molar-refractivity contribution is 6.60. The average molecular weight is 154 g/mol. The van der Waals surface area contributed by atoms with Crippen LogP contribution < -0.4 is 5.46 Å². The second-order valence-corrected chi connectivity index (χ2v) is 2.08. The summed E-state index contributed by atoms with van der Waals surface area (Å²) in [5, 5.41) is 35.2. The highest BCUT2D eigenvalue weighted by Gasteiger charge is 2.19. The molecule has 58 valence electrons. The van der Waals surface area contributed by atoms with Crippen molar-refractivity contribution in [3.05, 3.63) is 18.2 Å². The molecule has 0 radical (unpaired) electrons. The zero-order chi connectivity index (χ0) is 8.43. The van der Waals surface area contributed by atoms with Crippen molar-refractivity contribution in [2.45, 2.75) is 0 Å². The Bertz CT molecular complexity index is 241. The molecular formula is C6H7BO4.